The molecule has 0 bridgehead atoms. The number of ether oxygens (including phenoxy) is 3. The average Bonchev–Trinajstić information content (AvgIpc) is 3.00. The van der Waals surface area contributed by atoms with Gasteiger partial charge in [0.1, 0.15) is 0 Å². The molecular weight excluding hydrogens is 682 g/mol. The quantitative estimate of drug-likeness (QED) is 0.287. The number of carbonyl (C=O) groups is 1. The number of amides is 1. The lowest BCUT2D eigenvalue weighted by molar-refractivity contribution is -0.143. The van der Waals surface area contributed by atoms with Crippen molar-refractivity contribution in [1.82, 2.24) is 14.7 Å². The zero-order chi connectivity index (χ0) is 33.1. The van der Waals surface area contributed by atoms with E-state index in [4.69, 9.17) is 14.2 Å². The van der Waals surface area contributed by atoms with Gasteiger partial charge in [0.15, 0.2) is 11.6 Å². The van der Waals surface area contributed by atoms with Crippen molar-refractivity contribution in [2.75, 3.05) is 60.6 Å². The lowest BCUT2D eigenvalue weighted by atomic mass is 9.97. The summed E-state index contributed by atoms with van der Waals surface area (Å²) in [6, 6.07) is 4.58. The highest BCUT2D eigenvalue weighted by Crippen LogP contribution is 2.37. The maximum absolute atomic E-state index is 14.1. The number of halogens is 9. The molecule has 0 saturated carbocycles. The predicted octanol–water partition coefficient (Wildman–Crippen LogP) is 6.21. The summed E-state index contributed by atoms with van der Waals surface area (Å²) in [4.78, 5) is 19.4. The molecule has 2 saturated heterocycles. The summed E-state index contributed by atoms with van der Waals surface area (Å²) in [7, 11) is 4.61. The first-order valence-corrected chi connectivity index (χ1v) is 14.6. The lowest BCUT2D eigenvalue weighted by Crippen LogP contribution is -2.58. The Morgan fingerprint density at radius 3 is 2.06 bits per heavy atom. The molecule has 4 atom stereocenters. The van der Waals surface area contributed by atoms with Crippen LogP contribution in [0.4, 0.5) is 30.7 Å². The zero-order valence-electron chi connectivity index (χ0n) is 26.4. The van der Waals surface area contributed by atoms with Gasteiger partial charge in [-0.15, -0.1) is 24.8 Å². The van der Waals surface area contributed by atoms with E-state index in [9.17, 15) is 35.5 Å². The second-order valence-electron chi connectivity index (χ2n) is 11.5. The van der Waals surface area contributed by atoms with Gasteiger partial charge >= 0.3 is 12.4 Å². The van der Waals surface area contributed by atoms with Crippen LogP contribution in [0.1, 0.15) is 40.4 Å². The Kier molecular flexibility index (Phi) is 14.6. The molecule has 1 unspecified atom stereocenters. The van der Waals surface area contributed by atoms with Crippen LogP contribution in [-0.4, -0.2) is 105 Å². The second-order valence-corrected chi connectivity index (χ2v) is 11.5. The van der Waals surface area contributed by atoms with Crippen LogP contribution in [0.15, 0.2) is 36.4 Å². The number of piperazine rings is 1. The maximum Gasteiger partial charge on any atom is 0.416 e. The van der Waals surface area contributed by atoms with E-state index >= 15 is 0 Å². The fraction of sp³-hybridized carbons (Fsp3) is 0.581. The molecule has 266 valence electrons. The van der Waals surface area contributed by atoms with Gasteiger partial charge < -0.3 is 19.1 Å². The van der Waals surface area contributed by atoms with E-state index < -0.39 is 46.8 Å². The molecule has 47 heavy (non-hydrogen) atoms. The first kappa shape index (κ1) is 40.8. The van der Waals surface area contributed by atoms with Gasteiger partial charge in [-0.1, -0.05) is 6.07 Å². The minimum atomic E-state index is -5.09. The third kappa shape index (κ3) is 10.1. The summed E-state index contributed by atoms with van der Waals surface area (Å²) in [5.41, 5.74) is -3.23. The van der Waals surface area contributed by atoms with Crippen molar-refractivity contribution in [3.05, 3.63) is 64.5 Å². The number of carbonyl (C=O) groups excluding carboxylic acids is 1. The smallest absolute Gasteiger partial charge is 0.416 e. The maximum atomic E-state index is 14.1. The standard InChI is InChI=1S/C31H38F7N3O4.2ClH/c1-19-27(44-3)16-25(43-2)18-40(19)9-7-39-8-10-41(24(17-39)11-20-5-6-26(32)28(12-20)45-4)29(42)21-13-22(30(33,34)35)15-23(14-21)31(36,37)38;;/h5-6,12-15,19,24-25,27H,7-11,16-18H2,1-4H3;2*1H/t19-,24-,25?,27-;;/m1../s1. The van der Waals surface area contributed by atoms with E-state index in [0.29, 0.717) is 50.4 Å². The third-order valence-electron chi connectivity index (χ3n) is 8.74. The minimum Gasteiger partial charge on any atom is -0.494 e. The number of nitrogens with zero attached hydrogens (tertiary/aromatic N) is 3. The van der Waals surface area contributed by atoms with Gasteiger partial charge in [-0.2, -0.15) is 26.3 Å². The van der Waals surface area contributed by atoms with Gasteiger partial charge in [-0.25, -0.2) is 4.39 Å². The Balaban J connectivity index is 0.00000384. The molecule has 2 heterocycles. The first-order valence-electron chi connectivity index (χ1n) is 14.6. The number of likely N-dealkylation sites (tertiary alicyclic amines) is 1. The molecule has 2 aromatic carbocycles. The fourth-order valence-corrected chi connectivity index (χ4v) is 6.13. The van der Waals surface area contributed by atoms with Gasteiger partial charge in [0.05, 0.1) is 30.4 Å². The Labute approximate surface area is 282 Å². The largest absolute Gasteiger partial charge is 0.494 e. The molecular formula is C31H40Cl2F7N3O4. The van der Waals surface area contributed by atoms with Gasteiger partial charge in [0.25, 0.3) is 5.91 Å². The van der Waals surface area contributed by atoms with Crippen LogP contribution < -0.4 is 4.74 Å². The van der Waals surface area contributed by atoms with Crippen molar-refractivity contribution in [3.8, 4) is 5.75 Å². The molecule has 0 aliphatic carbocycles. The number of alkyl halides is 6. The summed E-state index contributed by atoms with van der Waals surface area (Å²) < 4.78 is 112. The number of methoxy groups -OCH3 is 3. The minimum absolute atomic E-state index is 0. The Morgan fingerprint density at radius 1 is 0.872 bits per heavy atom. The molecule has 1 amide bonds. The molecule has 0 radical (unpaired) electrons. The molecule has 2 aromatic rings. The van der Waals surface area contributed by atoms with Crippen LogP contribution >= 0.6 is 24.8 Å². The molecule has 0 N–H and O–H groups in total. The predicted molar refractivity (Wildman–Crippen MR) is 166 cm³/mol. The van der Waals surface area contributed by atoms with Crippen LogP contribution in [0.2, 0.25) is 0 Å². The zero-order valence-corrected chi connectivity index (χ0v) is 28.0. The van der Waals surface area contributed by atoms with Crippen LogP contribution in [0.5, 0.6) is 5.75 Å². The Morgan fingerprint density at radius 2 is 1.51 bits per heavy atom. The number of piperidine rings is 1. The number of rotatable bonds is 9. The molecule has 2 aliphatic heterocycles. The number of hydrogen-bond acceptors (Lipinski definition) is 6. The van der Waals surface area contributed by atoms with E-state index in [2.05, 4.69) is 16.7 Å². The third-order valence-corrected chi connectivity index (χ3v) is 8.74. The van der Waals surface area contributed by atoms with Crippen LogP contribution in [0.3, 0.4) is 0 Å². The summed E-state index contributed by atoms with van der Waals surface area (Å²) in [5.74, 6) is -1.56. The normalized spacial score (nSPS) is 22.7. The Hall–Kier alpha value is -2.36. The van der Waals surface area contributed by atoms with Gasteiger partial charge in [-0.3, -0.25) is 14.6 Å². The molecule has 0 spiro atoms. The molecule has 2 fully saturated rings. The molecule has 0 aromatic heterocycles. The highest BCUT2D eigenvalue weighted by atomic mass is 35.5. The summed E-state index contributed by atoms with van der Waals surface area (Å²) in [6.45, 7) is 4.72. The molecule has 4 rings (SSSR count). The number of hydrogen-bond donors (Lipinski definition) is 0. The lowest BCUT2D eigenvalue weighted by Gasteiger charge is -2.45. The summed E-state index contributed by atoms with van der Waals surface area (Å²) >= 11 is 0. The van der Waals surface area contributed by atoms with Gasteiger partial charge in [0, 0.05) is 77.6 Å². The van der Waals surface area contributed by atoms with E-state index in [-0.39, 0.29) is 67.8 Å². The number of benzene rings is 2. The Bertz CT molecular complexity index is 1300. The van der Waals surface area contributed by atoms with E-state index in [1.807, 2.05) is 0 Å². The van der Waals surface area contributed by atoms with E-state index in [0.717, 1.165) is 6.42 Å². The van der Waals surface area contributed by atoms with Crippen LogP contribution in [0, 0.1) is 5.82 Å². The van der Waals surface area contributed by atoms with E-state index in [1.165, 1.54) is 30.2 Å². The fourth-order valence-electron chi connectivity index (χ4n) is 6.13. The average molecular weight is 723 g/mol. The van der Waals surface area contributed by atoms with Crippen molar-refractivity contribution >= 4 is 30.7 Å². The van der Waals surface area contributed by atoms with Crippen molar-refractivity contribution in [2.24, 2.45) is 0 Å². The van der Waals surface area contributed by atoms with Crippen LogP contribution in [-0.2, 0) is 28.2 Å². The van der Waals surface area contributed by atoms with Gasteiger partial charge in [-0.05, 0) is 49.2 Å². The van der Waals surface area contributed by atoms with Crippen molar-refractivity contribution < 1.29 is 49.7 Å². The van der Waals surface area contributed by atoms with Crippen LogP contribution in [0.25, 0.3) is 0 Å². The SMILES string of the molecule is COc1cc(C[C@@H]2CN(CCN3CC(OC)C[C@@H](OC)[C@H]3C)CCN2C(=O)c2cc(C(F)(F)F)cc(C(F)(F)F)c2)ccc1F.Cl.Cl. The monoisotopic (exact) mass is 721 g/mol. The molecule has 7 nitrogen and oxygen atoms in total. The summed E-state index contributed by atoms with van der Waals surface area (Å²) in [5, 5.41) is 0. The van der Waals surface area contributed by atoms with Crippen molar-refractivity contribution in [1.29, 1.82) is 0 Å². The topological polar surface area (TPSA) is 54.5 Å². The molecule has 16 heteroatoms. The van der Waals surface area contributed by atoms with E-state index in [1.54, 1.807) is 14.2 Å². The highest BCUT2D eigenvalue weighted by Gasteiger charge is 2.40. The van der Waals surface area contributed by atoms with Crippen molar-refractivity contribution in [2.45, 2.75) is 56.4 Å². The second kappa shape index (κ2) is 16.8. The first-order chi connectivity index (χ1) is 21.1. The van der Waals surface area contributed by atoms with Gasteiger partial charge in [0.2, 0.25) is 0 Å². The highest BCUT2D eigenvalue weighted by molar-refractivity contribution is 5.95. The molecule has 2 aliphatic rings. The van der Waals surface area contributed by atoms with Crippen molar-refractivity contribution in [3.63, 3.8) is 0 Å². The summed E-state index contributed by atoms with van der Waals surface area (Å²) in [6.07, 6.45) is -9.27.